The van der Waals surface area contributed by atoms with Gasteiger partial charge in [0.1, 0.15) is 17.2 Å². The lowest BCUT2D eigenvalue weighted by Gasteiger charge is -2.14. The minimum Gasteiger partial charge on any atom is -0.494 e. The van der Waals surface area contributed by atoms with Gasteiger partial charge in [-0.25, -0.2) is 0 Å². The van der Waals surface area contributed by atoms with Crippen LogP contribution in [-0.4, -0.2) is 23.3 Å². The van der Waals surface area contributed by atoms with Crippen molar-refractivity contribution in [1.29, 1.82) is 0 Å². The Morgan fingerprint density at radius 3 is 2.29 bits per heavy atom. The molecule has 2 amide bonds. The molecule has 6 nitrogen and oxygen atoms in total. The second-order valence-electron chi connectivity index (χ2n) is 7.48. The number of nitrogens with zero attached hydrogens (tertiary/aromatic N) is 1. The molecule has 158 valence electrons. The van der Waals surface area contributed by atoms with Crippen molar-refractivity contribution in [3.63, 3.8) is 0 Å². The average Bonchev–Trinajstić information content (AvgIpc) is 3.32. The number of amides is 2. The summed E-state index contributed by atoms with van der Waals surface area (Å²) < 4.78 is 10.9. The lowest BCUT2D eigenvalue weighted by Crippen LogP contribution is -2.31. The Balaban J connectivity index is 1.74. The first kappa shape index (κ1) is 20.5. The van der Waals surface area contributed by atoms with Crippen molar-refractivity contribution < 1.29 is 18.7 Å². The van der Waals surface area contributed by atoms with Gasteiger partial charge in [0.2, 0.25) is 0 Å². The van der Waals surface area contributed by atoms with Crippen LogP contribution >= 0.6 is 0 Å². The van der Waals surface area contributed by atoms with Crippen molar-refractivity contribution in [2.75, 3.05) is 11.9 Å². The van der Waals surface area contributed by atoms with Gasteiger partial charge in [-0.3, -0.25) is 14.5 Å². The zero-order valence-electron chi connectivity index (χ0n) is 17.8. The molecule has 1 aliphatic rings. The van der Waals surface area contributed by atoms with Crippen molar-refractivity contribution in [3.8, 4) is 5.75 Å². The SMILES string of the molecule is CCOc1ccc(C2=C(Nc3cc(C)cc(C)c3)C(=O)N(Cc3ccco3)C2=O)cc1. The number of carbonyl (C=O) groups excluding carboxylic acids is 2. The van der Waals surface area contributed by atoms with E-state index in [-0.39, 0.29) is 24.1 Å². The van der Waals surface area contributed by atoms with Crippen molar-refractivity contribution in [2.24, 2.45) is 0 Å². The number of carbonyl (C=O) groups is 2. The van der Waals surface area contributed by atoms with E-state index in [2.05, 4.69) is 11.4 Å². The standard InChI is InChI=1S/C25H24N2O4/c1-4-30-20-9-7-18(8-10-20)22-23(26-19-13-16(2)12-17(3)14-19)25(29)27(24(22)28)15-21-6-5-11-31-21/h5-14,26H,4,15H2,1-3H3. The molecule has 4 rings (SSSR count). The first-order chi connectivity index (χ1) is 15.0. The third-order valence-electron chi connectivity index (χ3n) is 5.01. The molecule has 2 aromatic carbocycles. The lowest BCUT2D eigenvalue weighted by molar-refractivity contribution is -0.137. The van der Waals surface area contributed by atoms with Gasteiger partial charge in [-0.15, -0.1) is 0 Å². The first-order valence-electron chi connectivity index (χ1n) is 10.2. The Morgan fingerprint density at radius 2 is 1.68 bits per heavy atom. The number of hydrogen-bond donors (Lipinski definition) is 1. The third-order valence-corrected chi connectivity index (χ3v) is 5.01. The van der Waals surface area contributed by atoms with E-state index >= 15 is 0 Å². The summed E-state index contributed by atoms with van der Waals surface area (Å²) in [6.45, 7) is 6.52. The molecule has 0 aliphatic carbocycles. The smallest absolute Gasteiger partial charge is 0.278 e. The average molecular weight is 416 g/mol. The van der Waals surface area contributed by atoms with Gasteiger partial charge >= 0.3 is 0 Å². The number of imide groups is 1. The fraction of sp³-hybridized carbons (Fsp3) is 0.200. The van der Waals surface area contributed by atoms with Gasteiger partial charge < -0.3 is 14.5 Å². The summed E-state index contributed by atoms with van der Waals surface area (Å²) in [6.07, 6.45) is 1.52. The zero-order chi connectivity index (χ0) is 22.0. The first-order valence-corrected chi connectivity index (χ1v) is 10.2. The molecule has 1 aliphatic heterocycles. The quantitative estimate of drug-likeness (QED) is 0.566. The Morgan fingerprint density at radius 1 is 0.968 bits per heavy atom. The van der Waals surface area contributed by atoms with Gasteiger partial charge in [-0.05, 0) is 73.9 Å². The largest absolute Gasteiger partial charge is 0.494 e. The molecular weight excluding hydrogens is 392 g/mol. The molecule has 0 fully saturated rings. The van der Waals surface area contributed by atoms with Crippen LogP contribution in [0.1, 0.15) is 29.4 Å². The summed E-state index contributed by atoms with van der Waals surface area (Å²) in [4.78, 5) is 27.8. The highest BCUT2D eigenvalue weighted by Crippen LogP contribution is 2.32. The molecule has 0 saturated carbocycles. The van der Waals surface area contributed by atoms with Gasteiger partial charge in [0.15, 0.2) is 0 Å². The molecule has 1 N–H and O–H groups in total. The maximum absolute atomic E-state index is 13.3. The van der Waals surface area contributed by atoms with Gasteiger partial charge in [-0.2, -0.15) is 0 Å². The normalized spacial score (nSPS) is 13.8. The monoisotopic (exact) mass is 416 g/mol. The molecule has 0 radical (unpaired) electrons. The van der Waals surface area contributed by atoms with Crippen molar-refractivity contribution in [1.82, 2.24) is 4.90 Å². The van der Waals surface area contributed by atoms with Crippen LogP contribution in [0.2, 0.25) is 0 Å². The van der Waals surface area contributed by atoms with E-state index in [1.165, 1.54) is 11.2 Å². The van der Waals surface area contributed by atoms with Crippen molar-refractivity contribution in [2.45, 2.75) is 27.3 Å². The number of furan rings is 1. The van der Waals surface area contributed by atoms with E-state index in [9.17, 15) is 9.59 Å². The molecule has 1 aromatic heterocycles. The van der Waals surface area contributed by atoms with Crippen LogP contribution in [0, 0.1) is 13.8 Å². The van der Waals surface area contributed by atoms with Gasteiger partial charge in [0, 0.05) is 5.69 Å². The Kier molecular flexibility index (Phi) is 5.62. The third kappa shape index (κ3) is 4.23. The van der Waals surface area contributed by atoms with E-state index in [0.717, 1.165) is 16.8 Å². The molecule has 0 bridgehead atoms. The van der Waals surface area contributed by atoms with Crippen LogP contribution in [0.4, 0.5) is 5.69 Å². The topological polar surface area (TPSA) is 71.8 Å². The van der Waals surface area contributed by atoms with Crippen LogP contribution in [0.3, 0.4) is 0 Å². The van der Waals surface area contributed by atoms with E-state index in [1.807, 2.05) is 32.9 Å². The Bertz CT molecular complexity index is 1120. The highest BCUT2D eigenvalue weighted by Gasteiger charge is 2.39. The summed E-state index contributed by atoms with van der Waals surface area (Å²) in [6, 6.07) is 16.6. The number of rotatable bonds is 7. The van der Waals surface area contributed by atoms with E-state index in [0.29, 0.717) is 29.3 Å². The molecule has 2 heterocycles. The summed E-state index contributed by atoms with van der Waals surface area (Å²) in [7, 11) is 0. The molecule has 3 aromatic rings. The summed E-state index contributed by atoms with van der Waals surface area (Å²) in [5.41, 5.74) is 4.13. The van der Waals surface area contributed by atoms with Crippen LogP contribution in [0.15, 0.2) is 71.0 Å². The van der Waals surface area contributed by atoms with Crippen LogP contribution in [-0.2, 0) is 16.1 Å². The predicted octanol–water partition coefficient (Wildman–Crippen LogP) is 4.69. The Labute approximate surface area is 181 Å². The maximum atomic E-state index is 13.3. The number of nitrogens with one attached hydrogen (secondary N) is 1. The molecule has 0 atom stereocenters. The summed E-state index contributed by atoms with van der Waals surface area (Å²) in [5, 5.41) is 3.21. The second-order valence-corrected chi connectivity index (χ2v) is 7.48. The molecule has 6 heteroatoms. The van der Waals surface area contributed by atoms with Crippen molar-refractivity contribution in [3.05, 3.63) is 89.0 Å². The second kappa shape index (κ2) is 8.52. The number of hydrogen-bond acceptors (Lipinski definition) is 5. The summed E-state index contributed by atoms with van der Waals surface area (Å²) in [5.74, 6) is 0.502. The van der Waals surface area contributed by atoms with Gasteiger partial charge in [-0.1, -0.05) is 18.2 Å². The molecule has 0 saturated heterocycles. The Hall–Kier alpha value is -3.80. The predicted molar refractivity (Wildman–Crippen MR) is 118 cm³/mol. The number of ether oxygens (including phenoxy) is 1. The highest BCUT2D eigenvalue weighted by atomic mass is 16.5. The van der Waals surface area contributed by atoms with Gasteiger partial charge in [0.25, 0.3) is 11.8 Å². The molecule has 0 unspecified atom stereocenters. The fourth-order valence-corrected chi connectivity index (χ4v) is 3.74. The lowest BCUT2D eigenvalue weighted by atomic mass is 10.0. The zero-order valence-corrected chi connectivity index (χ0v) is 17.8. The van der Waals surface area contributed by atoms with Crippen LogP contribution < -0.4 is 10.1 Å². The maximum Gasteiger partial charge on any atom is 0.278 e. The molecule has 0 spiro atoms. The van der Waals surface area contributed by atoms with Crippen molar-refractivity contribution >= 4 is 23.1 Å². The van der Waals surface area contributed by atoms with Gasteiger partial charge in [0.05, 0.1) is 25.0 Å². The van der Waals surface area contributed by atoms with Crippen LogP contribution in [0.5, 0.6) is 5.75 Å². The fourth-order valence-electron chi connectivity index (χ4n) is 3.74. The van der Waals surface area contributed by atoms with E-state index in [4.69, 9.17) is 9.15 Å². The number of benzene rings is 2. The van der Waals surface area contributed by atoms with E-state index in [1.54, 1.807) is 36.4 Å². The number of anilines is 1. The summed E-state index contributed by atoms with van der Waals surface area (Å²) >= 11 is 0. The van der Waals surface area contributed by atoms with Crippen LogP contribution in [0.25, 0.3) is 5.57 Å². The minimum absolute atomic E-state index is 0.0726. The van der Waals surface area contributed by atoms with E-state index < -0.39 is 0 Å². The number of aryl methyl sites for hydroxylation is 2. The molecular formula is C25H24N2O4. The minimum atomic E-state index is -0.385. The molecule has 31 heavy (non-hydrogen) atoms. The highest BCUT2D eigenvalue weighted by molar-refractivity contribution is 6.36.